The van der Waals surface area contributed by atoms with Gasteiger partial charge >= 0.3 is 0 Å². The molecule has 0 aliphatic carbocycles. The molecule has 1 unspecified atom stereocenters. The highest BCUT2D eigenvalue weighted by Crippen LogP contribution is 2.25. The van der Waals surface area contributed by atoms with Crippen LogP contribution in [-0.4, -0.2) is 17.6 Å². The van der Waals surface area contributed by atoms with Crippen molar-refractivity contribution in [2.45, 2.75) is 26.9 Å². The van der Waals surface area contributed by atoms with E-state index < -0.39 is 6.10 Å². The molecular formula is C12H17NO2. The molecule has 0 aliphatic heterocycles. The Kier molecular flexibility index (Phi) is 4.31. The van der Waals surface area contributed by atoms with Crippen molar-refractivity contribution in [3.63, 3.8) is 0 Å². The molecule has 0 amide bonds. The van der Waals surface area contributed by atoms with Gasteiger partial charge in [-0.05, 0) is 19.9 Å². The van der Waals surface area contributed by atoms with Crippen molar-refractivity contribution < 1.29 is 9.84 Å². The minimum Gasteiger partial charge on any atom is -0.481 e. The first-order chi connectivity index (χ1) is 7.15. The monoisotopic (exact) mass is 207 g/mol. The largest absolute Gasteiger partial charge is 0.481 e. The van der Waals surface area contributed by atoms with Crippen molar-refractivity contribution in [2.75, 3.05) is 6.61 Å². The van der Waals surface area contributed by atoms with Gasteiger partial charge < -0.3 is 9.84 Å². The first-order valence-electron chi connectivity index (χ1n) is 5.10. The maximum Gasteiger partial charge on any atom is 0.185 e. The predicted octanol–water partition coefficient (Wildman–Crippen LogP) is 2.83. The zero-order valence-electron chi connectivity index (χ0n) is 9.40. The van der Waals surface area contributed by atoms with E-state index in [4.69, 9.17) is 4.74 Å². The fourth-order valence-corrected chi connectivity index (χ4v) is 1.35. The summed E-state index contributed by atoms with van der Waals surface area (Å²) in [6.45, 7) is 6.05. The Morgan fingerprint density at radius 2 is 2.13 bits per heavy atom. The quantitative estimate of drug-likeness (QED) is 0.611. The van der Waals surface area contributed by atoms with E-state index in [0.29, 0.717) is 12.5 Å². The van der Waals surface area contributed by atoms with Crippen LogP contribution in [0.5, 0.6) is 0 Å². The van der Waals surface area contributed by atoms with Crippen LogP contribution >= 0.6 is 0 Å². The standard InChI is InChI=1S/C12H17NO2/c1-4-15-10(3)13-12-8-6-5-7-11(12)9(2)14/h5-9,14H,4H2,1-3H3. The lowest BCUT2D eigenvalue weighted by Crippen LogP contribution is -1.99. The van der Waals surface area contributed by atoms with Crippen molar-refractivity contribution in [3.8, 4) is 0 Å². The van der Waals surface area contributed by atoms with Crippen LogP contribution in [0.15, 0.2) is 29.3 Å². The van der Waals surface area contributed by atoms with Crippen LogP contribution in [0.25, 0.3) is 0 Å². The highest BCUT2D eigenvalue weighted by molar-refractivity contribution is 5.77. The Balaban J connectivity index is 2.98. The van der Waals surface area contributed by atoms with Crippen molar-refractivity contribution in [1.29, 1.82) is 0 Å². The highest BCUT2D eigenvalue weighted by atomic mass is 16.5. The van der Waals surface area contributed by atoms with E-state index in [-0.39, 0.29) is 0 Å². The molecule has 15 heavy (non-hydrogen) atoms. The van der Waals surface area contributed by atoms with Gasteiger partial charge in [0.05, 0.1) is 18.4 Å². The lowest BCUT2D eigenvalue weighted by Gasteiger charge is -2.09. The number of aliphatic imine (C=N–C) groups is 1. The molecule has 0 saturated heterocycles. The topological polar surface area (TPSA) is 41.8 Å². The molecule has 3 heteroatoms. The molecule has 0 saturated carbocycles. The number of para-hydroxylation sites is 1. The summed E-state index contributed by atoms with van der Waals surface area (Å²) < 4.78 is 5.25. The van der Waals surface area contributed by atoms with Crippen LogP contribution in [0.2, 0.25) is 0 Å². The van der Waals surface area contributed by atoms with E-state index in [2.05, 4.69) is 4.99 Å². The number of hydrogen-bond donors (Lipinski definition) is 1. The minimum atomic E-state index is -0.514. The molecule has 82 valence electrons. The van der Waals surface area contributed by atoms with Crippen LogP contribution in [0.4, 0.5) is 5.69 Å². The summed E-state index contributed by atoms with van der Waals surface area (Å²) in [7, 11) is 0. The van der Waals surface area contributed by atoms with Crippen LogP contribution in [-0.2, 0) is 4.74 Å². The smallest absolute Gasteiger partial charge is 0.185 e. The number of aliphatic hydroxyl groups is 1. The van der Waals surface area contributed by atoms with Crippen molar-refractivity contribution >= 4 is 11.6 Å². The molecule has 1 rings (SSSR count). The highest BCUT2D eigenvalue weighted by Gasteiger charge is 2.06. The Morgan fingerprint density at radius 1 is 1.47 bits per heavy atom. The lowest BCUT2D eigenvalue weighted by atomic mass is 10.1. The van der Waals surface area contributed by atoms with E-state index >= 15 is 0 Å². The normalized spacial score (nSPS) is 13.7. The van der Waals surface area contributed by atoms with Crippen LogP contribution in [0, 0.1) is 0 Å². The van der Waals surface area contributed by atoms with Crippen molar-refractivity contribution in [2.24, 2.45) is 4.99 Å². The molecule has 1 aromatic carbocycles. The third-order valence-electron chi connectivity index (χ3n) is 2.02. The first-order valence-corrected chi connectivity index (χ1v) is 5.10. The Labute approximate surface area is 90.4 Å². The second-order valence-corrected chi connectivity index (χ2v) is 3.30. The van der Waals surface area contributed by atoms with Crippen LogP contribution in [0.1, 0.15) is 32.4 Å². The number of ether oxygens (including phenoxy) is 1. The zero-order chi connectivity index (χ0) is 11.3. The van der Waals surface area contributed by atoms with Gasteiger partial charge in [0.1, 0.15) is 0 Å². The van der Waals surface area contributed by atoms with Crippen molar-refractivity contribution in [1.82, 2.24) is 0 Å². The van der Waals surface area contributed by atoms with Crippen LogP contribution < -0.4 is 0 Å². The van der Waals surface area contributed by atoms with Gasteiger partial charge in [-0.3, -0.25) is 0 Å². The van der Waals surface area contributed by atoms with E-state index in [0.717, 1.165) is 11.3 Å². The summed E-state index contributed by atoms with van der Waals surface area (Å²) in [6.07, 6.45) is -0.514. The molecule has 1 N–H and O–H groups in total. The van der Waals surface area contributed by atoms with Gasteiger partial charge in [-0.15, -0.1) is 0 Å². The summed E-state index contributed by atoms with van der Waals surface area (Å²) >= 11 is 0. The van der Waals surface area contributed by atoms with E-state index in [1.54, 1.807) is 6.92 Å². The minimum absolute atomic E-state index is 0.514. The van der Waals surface area contributed by atoms with Gasteiger partial charge in [-0.1, -0.05) is 18.2 Å². The summed E-state index contributed by atoms with van der Waals surface area (Å²) in [6, 6.07) is 7.51. The molecule has 0 fully saturated rings. The number of rotatable bonds is 3. The summed E-state index contributed by atoms with van der Waals surface area (Å²) in [4.78, 5) is 4.30. The molecule has 1 aromatic rings. The third kappa shape index (κ3) is 3.36. The van der Waals surface area contributed by atoms with Gasteiger partial charge in [0.2, 0.25) is 0 Å². The Hall–Kier alpha value is -1.35. The average Bonchev–Trinajstić information content (AvgIpc) is 2.18. The molecule has 0 aromatic heterocycles. The SMILES string of the molecule is CCOC(C)=Nc1ccccc1C(C)O. The first kappa shape index (κ1) is 11.7. The van der Waals surface area contributed by atoms with Gasteiger partial charge in [-0.25, -0.2) is 4.99 Å². The number of nitrogens with zero attached hydrogens (tertiary/aromatic N) is 1. The number of aliphatic hydroxyl groups excluding tert-OH is 1. The summed E-state index contributed by atoms with van der Waals surface area (Å²) in [5, 5.41) is 9.54. The second kappa shape index (κ2) is 5.51. The lowest BCUT2D eigenvalue weighted by molar-refractivity contribution is 0.200. The Morgan fingerprint density at radius 3 is 2.73 bits per heavy atom. The fraction of sp³-hybridized carbons (Fsp3) is 0.417. The maximum absolute atomic E-state index is 9.54. The molecular weight excluding hydrogens is 190 g/mol. The maximum atomic E-state index is 9.54. The Bertz CT molecular complexity index is 345. The van der Waals surface area contributed by atoms with E-state index in [1.807, 2.05) is 38.1 Å². The molecule has 0 radical (unpaired) electrons. The van der Waals surface area contributed by atoms with Crippen LogP contribution in [0.3, 0.4) is 0 Å². The number of hydrogen-bond acceptors (Lipinski definition) is 3. The molecule has 0 aliphatic rings. The van der Waals surface area contributed by atoms with Gasteiger partial charge in [-0.2, -0.15) is 0 Å². The summed E-state index contributed by atoms with van der Waals surface area (Å²) in [5.41, 5.74) is 1.58. The van der Waals surface area contributed by atoms with Gasteiger partial charge in [0.15, 0.2) is 5.90 Å². The number of benzene rings is 1. The van der Waals surface area contributed by atoms with Crippen molar-refractivity contribution in [3.05, 3.63) is 29.8 Å². The summed E-state index contributed by atoms with van der Waals surface area (Å²) in [5.74, 6) is 0.616. The third-order valence-corrected chi connectivity index (χ3v) is 2.02. The van der Waals surface area contributed by atoms with Gasteiger partial charge in [0, 0.05) is 12.5 Å². The van der Waals surface area contributed by atoms with E-state index in [1.165, 1.54) is 0 Å². The molecule has 3 nitrogen and oxygen atoms in total. The average molecular weight is 207 g/mol. The zero-order valence-corrected chi connectivity index (χ0v) is 9.40. The molecule has 1 atom stereocenters. The van der Waals surface area contributed by atoms with E-state index in [9.17, 15) is 5.11 Å². The predicted molar refractivity (Wildman–Crippen MR) is 61.5 cm³/mol. The van der Waals surface area contributed by atoms with Gasteiger partial charge in [0.25, 0.3) is 0 Å². The molecule has 0 bridgehead atoms. The molecule has 0 heterocycles. The fourth-order valence-electron chi connectivity index (χ4n) is 1.35. The second-order valence-electron chi connectivity index (χ2n) is 3.30. The molecule has 0 spiro atoms.